The zero-order valence-electron chi connectivity index (χ0n) is 13.2. The molecular weight excluding hydrogens is 288 g/mol. The van der Waals surface area contributed by atoms with Gasteiger partial charge in [-0.2, -0.15) is 0 Å². The highest BCUT2D eigenvalue weighted by Gasteiger charge is 2.35. The number of aromatic nitrogens is 1. The van der Waals surface area contributed by atoms with Gasteiger partial charge in [0.1, 0.15) is 10.6 Å². The molecule has 1 aliphatic heterocycles. The molecule has 0 spiro atoms. The molecule has 0 aliphatic carbocycles. The Kier molecular flexibility index (Phi) is 4.88. The fourth-order valence-electron chi connectivity index (χ4n) is 2.37. The summed E-state index contributed by atoms with van der Waals surface area (Å²) in [6.45, 7) is 9.48. The van der Waals surface area contributed by atoms with E-state index in [0.717, 1.165) is 24.4 Å². The first-order valence-electron chi connectivity index (χ1n) is 7.28. The van der Waals surface area contributed by atoms with E-state index >= 15 is 0 Å². The molecule has 0 aromatic carbocycles. The lowest BCUT2D eigenvalue weighted by Gasteiger charge is -2.40. The lowest BCUT2D eigenvalue weighted by Crippen LogP contribution is -2.51. The van der Waals surface area contributed by atoms with Crippen LogP contribution in [-0.4, -0.2) is 40.3 Å². The number of piperidine rings is 1. The van der Waals surface area contributed by atoms with Crippen LogP contribution in [0.15, 0.2) is 11.6 Å². The maximum Gasteiger partial charge on any atom is 0.410 e. The molecule has 0 bridgehead atoms. The first-order chi connectivity index (χ1) is 9.77. The van der Waals surface area contributed by atoms with Crippen LogP contribution in [0.4, 0.5) is 4.79 Å². The zero-order chi connectivity index (χ0) is 15.5. The summed E-state index contributed by atoms with van der Waals surface area (Å²) in [6.07, 6.45) is 3.39. The van der Waals surface area contributed by atoms with Gasteiger partial charge in [-0.15, -0.1) is 11.3 Å². The smallest absolute Gasteiger partial charge is 0.410 e. The number of amides is 1. The first kappa shape index (κ1) is 16.2. The fourth-order valence-corrected chi connectivity index (χ4v) is 2.89. The van der Waals surface area contributed by atoms with Crippen molar-refractivity contribution in [1.82, 2.24) is 9.88 Å². The van der Waals surface area contributed by atoms with Crippen molar-refractivity contribution < 1.29 is 14.3 Å². The van der Waals surface area contributed by atoms with Crippen LogP contribution in [0.5, 0.6) is 0 Å². The van der Waals surface area contributed by atoms with E-state index in [9.17, 15) is 4.79 Å². The molecule has 6 heteroatoms. The molecular formula is C15H24N2O3S. The van der Waals surface area contributed by atoms with Crippen LogP contribution in [0.1, 0.15) is 45.5 Å². The molecule has 1 saturated heterocycles. The number of hydrogen-bond donors (Lipinski definition) is 0. The molecule has 1 atom stereocenters. The van der Waals surface area contributed by atoms with Crippen LogP contribution in [0.2, 0.25) is 0 Å². The second kappa shape index (κ2) is 6.32. The van der Waals surface area contributed by atoms with E-state index in [0.29, 0.717) is 13.2 Å². The van der Waals surface area contributed by atoms with Crippen molar-refractivity contribution in [3.63, 3.8) is 0 Å². The predicted molar refractivity (Wildman–Crippen MR) is 82.3 cm³/mol. The number of ether oxygens (including phenoxy) is 2. The van der Waals surface area contributed by atoms with Crippen LogP contribution in [0.3, 0.4) is 0 Å². The van der Waals surface area contributed by atoms with Crippen molar-refractivity contribution >= 4 is 17.4 Å². The maximum absolute atomic E-state index is 12.2. The SMILES string of the molecule is CC(C)(C)OC(=O)N1CCCC(C)(OCc2nccs2)C1. The molecule has 118 valence electrons. The number of hydrogen-bond acceptors (Lipinski definition) is 5. The minimum absolute atomic E-state index is 0.258. The second-order valence-corrected chi connectivity index (χ2v) is 7.65. The van der Waals surface area contributed by atoms with E-state index in [1.807, 2.05) is 26.2 Å². The van der Waals surface area contributed by atoms with Gasteiger partial charge in [-0.05, 0) is 40.5 Å². The van der Waals surface area contributed by atoms with E-state index in [1.54, 1.807) is 22.4 Å². The molecule has 1 aliphatic rings. The summed E-state index contributed by atoms with van der Waals surface area (Å²) in [5.74, 6) is 0. The summed E-state index contributed by atoms with van der Waals surface area (Å²) in [5.41, 5.74) is -0.798. The summed E-state index contributed by atoms with van der Waals surface area (Å²) < 4.78 is 11.5. The second-order valence-electron chi connectivity index (χ2n) is 6.67. The normalized spacial score (nSPS) is 23.1. The van der Waals surface area contributed by atoms with Gasteiger partial charge in [0.15, 0.2) is 0 Å². The molecule has 1 amide bonds. The van der Waals surface area contributed by atoms with Gasteiger partial charge in [-0.1, -0.05) is 0 Å². The molecule has 1 unspecified atom stereocenters. The molecule has 5 nitrogen and oxygen atoms in total. The largest absolute Gasteiger partial charge is 0.444 e. The Labute approximate surface area is 130 Å². The quantitative estimate of drug-likeness (QED) is 0.858. The Bertz CT molecular complexity index is 470. The predicted octanol–water partition coefficient (Wildman–Crippen LogP) is 3.45. The van der Waals surface area contributed by atoms with E-state index in [-0.39, 0.29) is 11.7 Å². The highest BCUT2D eigenvalue weighted by atomic mass is 32.1. The Hall–Kier alpha value is -1.14. The molecule has 1 fully saturated rings. The minimum atomic E-state index is -0.466. The van der Waals surface area contributed by atoms with Crippen LogP contribution < -0.4 is 0 Å². The Morgan fingerprint density at radius 3 is 2.90 bits per heavy atom. The maximum atomic E-state index is 12.2. The Balaban J connectivity index is 1.91. The summed E-state index contributed by atoms with van der Waals surface area (Å²) in [6, 6.07) is 0. The molecule has 0 N–H and O–H groups in total. The van der Waals surface area contributed by atoms with Crippen LogP contribution in [0.25, 0.3) is 0 Å². The number of carbonyl (C=O) groups excluding carboxylic acids is 1. The van der Waals surface area contributed by atoms with Gasteiger partial charge in [0.05, 0.1) is 18.8 Å². The molecule has 21 heavy (non-hydrogen) atoms. The van der Waals surface area contributed by atoms with E-state index in [4.69, 9.17) is 9.47 Å². The summed E-state index contributed by atoms with van der Waals surface area (Å²) in [7, 11) is 0. The van der Waals surface area contributed by atoms with Crippen molar-refractivity contribution in [2.75, 3.05) is 13.1 Å². The number of thiazole rings is 1. The van der Waals surface area contributed by atoms with Gasteiger partial charge in [-0.3, -0.25) is 0 Å². The molecule has 0 radical (unpaired) electrons. The summed E-state index contributed by atoms with van der Waals surface area (Å²) >= 11 is 1.58. The molecule has 2 heterocycles. The molecule has 1 aromatic heterocycles. The number of nitrogens with zero attached hydrogens (tertiary/aromatic N) is 2. The third-order valence-electron chi connectivity index (χ3n) is 3.34. The molecule has 1 aromatic rings. The number of carbonyl (C=O) groups is 1. The van der Waals surface area contributed by atoms with E-state index in [1.165, 1.54) is 0 Å². The van der Waals surface area contributed by atoms with Crippen LogP contribution in [-0.2, 0) is 16.1 Å². The standard InChI is InChI=1S/C15H24N2O3S/c1-14(2,3)20-13(18)17-8-5-6-15(4,11-17)19-10-12-16-7-9-21-12/h7,9H,5-6,8,10-11H2,1-4H3. The third kappa shape index (κ3) is 4.97. The first-order valence-corrected chi connectivity index (χ1v) is 8.16. The number of rotatable bonds is 3. The average molecular weight is 312 g/mol. The highest BCUT2D eigenvalue weighted by molar-refractivity contribution is 7.09. The average Bonchev–Trinajstić information content (AvgIpc) is 2.88. The van der Waals surface area contributed by atoms with Crippen LogP contribution >= 0.6 is 11.3 Å². The molecule has 0 saturated carbocycles. The fraction of sp³-hybridized carbons (Fsp3) is 0.733. The summed E-state index contributed by atoms with van der Waals surface area (Å²) in [5, 5.41) is 2.90. The summed E-state index contributed by atoms with van der Waals surface area (Å²) in [4.78, 5) is 18.1. The van der Waals surface area contributed by atoms with Crippen LogP contribution in [0, 0.1) is 0 Å². The Morgan fingerprint density at radius 1 is 1.52 bits per heavy atom. The lowest BCUT2D eigenvalue weighted by atomic mass is 9.95. The topological polar surface area (TPSA) is 51.7 Å². The van der Waals surface area contributed by atoms with Gasteiger partial charge < -0.3 is 14.4 Å². The van der Waals surface area contributed by atoms with E-state index < -0.39 is 5.60 Å². The Morgan fingerprint density at radius 2 is 2.29 bits per heavy atom. The zero-order valence-corrected chi connectivity index (χ0v) is 14.0. The van der Waals surface area contributed by atoms with Crippen molar-refractivity contribution in [2.24, 2.45) is 0 Å². The van der Waals surface area contributed by atoms with Gasteiger partial charge >= 0.3 is 6.09 Å². The van der Waals surface area contributed by atoms with Gasteiger partial charge in [-0.25, -0.2) is 9.78 Å². The van der Waals surface area contributed by atoms with Gasteiger partial charge in [0.25, 0.3) is 0 Å². The van der Waals surface area contributed by atoms with Crippen molar-refractivity contribution in [1.29, 1.82) is 0 Å². The number of likely N-dealkylation sites (tertiary alicyclic amines) is 1. The van der Waals surface area contributed by atoms with Crippen molar-refractivity contribution in [2.45, 2.75) is 58.3 Å². The lowest BCUT2D eigenvalue weighted by molar-refractivity contribution is -0.0879. The van der Waals surface area contributed by atoms with Gasteiger partial charge in [0, 0.05) is 18.1 Å². The molecule has 2 rings (SSSR count). The van der Waals surface area contributed by atoms with E-state index in [2.05, 4.69) is 11.9 Å². The highest BCUT2D eigenvalue weighted by Crippen LogP contribution is 2.27. The minimum Gasteiger partial charge on any atom is -0.444 e. The van der Waals surface area contributed by atoms with Crippen molar-refractivity contribution in [3.05, 3.63) is 16.6 Å². The monoisotopic (exact) mass is 312 g/mol. The van der Waals surface area contributed by atoms with Crippen molar-refractivity contribution in [3.8, 4) is 0 Å². The third-order valence-corrected chi connectivity index (χ3v) is 4.09. The van der Waals surface area contributed by atoms with Gasteiger partial charge in [0.2, 0.25) is 0 Å².